The average molecular weight is 675 g/mol. The van der Waals surface area contributed by atoms with Crippen LogP contribution in [-0.4, -0.2) is 39.9 Å². The Labute approximate surface area is 300 Å². The highest BCUT2D eigenvalue weighted by Crippen LogP contribution is 2.38. The molecule has 2 N–H and O–H groups in total. The fourth-order valence-electron chi connectivity index (χ4n) is 7.22. The molecule has 8 heteroatoms. The van der Waals surface area contributed by atoms with Crippen LogP contribution in [0.2, 0.25) is 0 Å². The number of nitrogens with zero attached hydrogens (tertiary/aromatic N) is 6. The Kier molecular flexibility index (Phi) is 7.51. The van der Waals surface area contributed by atoms with Gasteiger partial charge in [-0.3, -0.25) is 19.9 Å². The molecule has 2 aliphatic rings. The van der Waals surface area contributed by atoms with Crippen LogP contribution in [0.3, 0.4) is 0 Å². The largest absolute Gasteiger partial charge is 0.354 e. The third-order valence-corrected chi connectivity index (χ3v) is 9.50. The number of fused-ring (bicyclic) bond motifs is 8. The number of H-pyrrole nitrogens is 2. The quantitative estimate of drug-likeness (QED) is 0.192. The lowest BCUT2D eigenvalue weighted by Gasteiger charge is -2.07. The molecule has 2 aliphatic heterocycles. The minimum absolute atomic E-state index is 0.852. The molecular formula is C44H34N8. The molecule has 9 rings (SSSR count). The van der Waals surface area contributed by atoms with Crippen molar-refractivity contribution in [2.45, 2.75) is 27.7 Å². The summed E-state index contributed by atoms with van der Waals surface area (Å²) in [5.74, 6) is 0. The molecule has 0 aromatic carbocycles. The van der Waals surface area contributed by atoms with Crippen molar-refractivity contribution >= 4 is 46.4 Å². The monoisotopic (exact) mass is 674 g/mol. The molecule has 0 aliphatic carbocycles. The van der Waals surface area contributed by atoms with E-state index in [0.29, 0.717) is 0 Å². The van der Waals surface area contributed by atoms with Gasteiger partial charge in [0.25, 0.3) is 0 Å². The lowest BCUT2D eigenvalue weighted by Crippen LogP contribution is -1.91. The second-order valence-electron chi connectivity index (χ2n) is 13.2. The smallest absolute Gasteiger partial charge is 0.0737 e. The van der Waals surface area contributed by atoms with E-state index in [9.17, 15) is 0 Å². The Balaban J connectivity index is 1.49. The van der Waals surface area contributed by atoms with Crippen LogP contribution in [0.15, 0.2) is 97.6 Å². The predicted molar refractivity (Wildman–Crippen MR) is 211 cm³/mol. The summed E-state index contributed by atoms with van der Waals surface area (Å²) >= 11 is 0. The van der Waals surface area contributed by atoms with Gasteiger partial charge in [-0.2, -0.15) is 0 Å². The van der Waals surface area contributed by atoms with Crippen molar-refractivity contribution < 1.29 is 0 Å². The Morgan fingerprint density at radius 2 is 0.596 bits per heavy atom. The fourth-order valence-corrected chi connectivity index (χ4v) is 7.22. The van der Waals surface area contributed by atoms with E-state index in [2.05, 4.69) is 103 Å². The zero-order valence-electron chi connectivity index (χ0n) is 29.2. The molecule has 9 heterocycles. The second kappa shape index (κ2) is 12.5. The van der Waals surface area contributed by atoms with E-state index < -0.39 is 0 Å². The molecule has 0 saturated heterocycles. The molecule has 0 spiro atoms. The summed E-state index contributed by atoms with van der Waals surface area (Å²) in [5, 5.41) is 0. The lowest BCUT2D eigenvalue weighted by atomic mass is 10.0. The van der Waals surface area contributed by atoms with Gasteiger partial charge in [0.2, 0.25) is 0 Å². The Bertz CT molecular complexity index is 2430. The van der Waals surface area contributed by atoms with Crippen LogP contribution < -0.4 is 0 Å². The Hall–Kier alpha value is -6.80. The first-order valence-electron chi connectivity index (χ1n) is 17.3. The fraction of sp³-hybridized carbons (Fsp3) is 0.0909. The number of rotatable bonds is 4. The Morgan fingerprint density at radius 3 is 0.827 bits per heavy atom. The van der Waals surface area contributed by atoms with Crippen LogP contribution in [-0.2, 0) is 0 Å². The highest BCUT2D eigenvalue weighted by molar-refractivity contribution is 5.99. The van der Waals surface area contributed by atoms with Crippen LogP contribution in [0.1, 0.15) is 45.6 Å². The molecule has 8 bridgehead atoms. The highest BCUT2D eigenvalue weighted by Gasteiger charge is 2.19. The van der Waals surface area contributed by atoms with Crippen molar-refractivity contribution in [1.29, 1.82) is 0 Å². The van der Waals surface area contributed by atoms with E-state index >= 15 is 0 Å². The first-order valence-corrected chi connectivity index (χ1v) is 17.3. The number of nitrogens with one attached hydrogen (secondary N) is 2. The van der Waals surface area contributed by atoms with Gasteiger partial charge in [-0.15, -0.1) is 0 Å². The minimum Gasteiger partial charge on any atom is -0.354 e. The maximum Gasteiger partial charge on any atom is 0.0737 e. The van der Waals surface area contributed by atoms with Gasteiger partial charge in [0, 0.05) is 91.9 Å². The summed E-state index contributed by atoms with van der Waals surface area (Å²) in [7, 11) is 0. The van der Waals surface area contributed by atoms with Gasteiger partial charge in [0.05, 0.1) is 22.8 Å². The molecule has 7 aromatic rings. The zero-order chi connectivity index (χ0) is 35.3. The van der Waals surface area contributed by atoms with Crippen molar-refractivity contribution in [3.8, 4) is 44.5 Å². The number of hydrogen-bond acceptors (Lipinski definition) is 6. The van der Waals surface area contributed by atoms with Crippen LogP contribution in [0.25, 0.3) is 90.9 Å². The SMILES string of the molecule is Cc1cc(-c2c3nc(c(-c4ccnc(C)c4)c4ccc([nH]4)c(-c4ccnc(C)c4)c4nc(c(-c5ccnc(C)c5)c5ccc2[nH]5)C=C4)C=C3)ccn1. The van der Waals surface area contributed by atoms with Crippen molar-refractivity contribution in [2.75, 3.05) is 0 Å². The summed E-state index contributed by atoms with van der Waals surface area (Å²) in [4.78, 5) is 36.4. The molecule has 0 amide bonds. The van der Waals surface area contributed by atoms with E-state index in [4.69, 9.17) is 9.97 Å². The van der Waals surface area contributed by atoms with Gasteiger partial charge >= 0.3 is 0 Å². The van der Waals surface area contributed by atoms with E-state index in [1.807, 2.05) is 76.7 Å². The normalized spacial score (nSPS) is 12.1. The van der Waals surface area contributed by atoms with Gasteiger partial charge in [0.15, 0.2) is 0 Å². The Morgan fingerprint density at radius 1 is 0.346 bits per heavy atom. The van der Waals surface area contributed by atoms with Crippen LogP contribution in [0.5, 0.6) is 0 Å². The summed E-state index contributed by atoms with van der Waals surface area (Å²) < 4.78 is 0. The van der Waals surface area contributed by atoms with E-state index in [1.54, 1.807) is 0 Å². The van der Waals surface area contributed by atoms with Gasteiger partial charge < -0.3 is 9.97 Å². The molecule has 0 unspecified atom stereocenters. The molecule has 52 heavy (non-hydrogen) atoms. The molecule has 250 valence electrons. The van der Waals surface area contributed by atoms with E-state index in [0.717, 1.165) is 112 Å². The van der Waals surface area contributed by atoms with Gasteiger partial charge in [-0.1, -0.05) is 0 Å². The number of aromatic amines is 2. The molecule has 0 radical (unpaired) electrons. The van der Waals surface area contributed by atoms with Crippen molar-refractivity contribution in [2.24, 2.45) is 0 Å². The van der Waals surface area contributed by atoms with Crippen molar-refractivity contribution in [1.82, 2.24) is 39.9 Å². The average Bonchev–Trinajstić information content (AvgIpc) is 3.96. The van der Waals surface area contributed by atoms with Crippen molar-refractivity contribution in [3.63, 3.8) is 0 Å². The molecular weight excluding hydrogens is 641 g/mol. The summed E-state index contributed by atoms with van der Waals surface area (Å²) in [6.45, 7) is 8.05. The topological polar surface area (TPSA) is 109 Å². The molecule has 7 aromatic heterocycles. The molecule has 0 saturated carbocycles. The molecule has 0 atom stereocenters. The summed E-state index contributed by atoms with van der Waals surface area (Å²) in [6, 6.07) is 25.2. The van der Waals surface area contributed by atoms with Crippen LogP contribution >= 0.6 is 0 Å². The van der Waals surface area contributed by atoms with Crippen molar-refractivity contribution in [3.05, 3.63) is 143 Å². The standard InChI is InChI=1S/C44H34N8/c1-25-21-29(13-17-45-25)41-33-5-7-35(49-33)42(30-14-18-46-26(2)22-30)37-9-11-39(51-37)44(32-16-20-48-28(4)24-32)40-12-10-38(52-40)43(36-8-6-34(41)50-36)31-15-19-47-27(3)23-31/h5-24,49,52H,1-4H3. The predicted octanol–water partition coefficient (Wildman–Crippen LogP) is 10.1. The van der Waals surface area contributed by atoms with E-state index in [1.165, 1.54) is 0 Å². The third-order valence-electron chi connectivity index (χ3n) is 9.50. The lowest BCUT2D eigenvalue weighted by molar-refractivity contribution is 1.20. The number of hydrogen-bond donors (Lipinski definition) is 2. The summed E-state index contributed by atoms with van der Waals surface area (Å²) in [5.41, 5.74) is 18.9. The van der Waals surface area contributed by atoms with Crippen LogP contribution in [0.4, 0.5) is 0 Å². The maximum atomic E-state index is 5.37. The second-order valence-corrected chi connectivity index (χ2v) is 13.2. The third kappa shape index (κ3) is 5.60. The summed E-state index contributed by atoms with van der Waals surface area (Å²) in [6.07, 6.45) is 15.8. The first kappa shape index (κ1) is 31.2. The molecule has 8 nitrogen and oxygen atoms in total. The van der Waals surface area contributed by atoms with Gasteiger partial charge in [-0.25, -0.2) is 9.97 Å². The van der Waals surface area contributed by atoms with Gasteiger partial charge in [0.1, 0.15) is 0 Å². The van der Waals surface area contributed by atoms with Crippen LogP contribution in [0, 0.1) is 27.7 Å². The maximum absolute atomic E-state index is 5.37. The number of aromatic nitrogens is 8. The zero-order valence-corrected chi connectivity index (χ0v) is 29.2. The molecule has 0 fully saturated rings. The number of aryl methyl sites for hydroxylation is 4. The number of pyridine rings is 4. The first-order chi connectivity index (χ1) is 25.4. The van der Waals surface area contributed by atoms with E-state index in [-0.39, 0.29) is 0 Å². The minimum atomic E-state index is 0.852. The highest BCUT2D eigenvalue weighted by atomic mass is 14.8. The van der Waals surface area contributed by atoms with Gasteiger partial charge in [-0.05, 0) is 147 Å².